The molecule has 0 radical (unpaired) electrons. The molecule has 0 bridgehead atoms. The van der Waals surface area contributed by atoms with Gasteiger partial charge in [0.25, 0.3) is 0 Å². The Bertz CT molecular complexity index is 342. The van der Waals surface area contributed by atoms with Gasteiger partial charge in [0.2, 0.25) is 5.91 Å². The predicted molar refractivity (Wildman–Crippen MR) is 69.4 cm³/mol. The standard InChI is InChI=1S/C12H18N2OS/c1-16-7-6-14-12(15)8-10-4-2-3-5-11(10)9-13/h2-5H,6-9,13H2,1H3,(H,14,15). The van der Waals surface area contributed by atoms with E-state index >= 15 is 0 Å². The SMILES string of the molecule is CSCCNC(=O)Cc1ccccc1CN. The highest BCUT2D eigenvalue weighted by molar-refractivity contribution is 7.98. The highest BCUT2D eigenvalue weighted by Crippen LogP contribution is 2.08. The first-order valence-corrected chi connectivity index (χ1v) is 6.69. The van der Waals surface area contributed by atoms with Gasteiger partial charge in [-0.05, 0) is 17.4 Å². The van der Waals surface area contributed by atoms with Gasteiger partial charge in [0, 0.05) is 18.8 Å². The van der Waals surface area contributed by atoms with E-state index in [1.165, 1.54) is 0 Å². The predicted octanol–water partition coefficient (Wildman–Crippen LogP) is 1.17. The van der Waals surface area contributed by atoms with Crippen LogP contribution in [-0.2, 0) is 17.8 Å². The van der Waals surface area contributed by atoms with E-state index in [1.54, 1.807) is 11.8 Å². The van der Waals surface area contributed by atoms with E-state index in [9.17, 15) is 4.79 Å². The third-order valence-corrected chi connectivity index (χ3v) is 2.93. The lowest BCUT2D eigenvalue weighted by Gasteiger charge is -2.07. The van der Waals surface area contributed by atoms with Gasteiger partial charge in [0.15, 0.2) is 0 Å². The van der Waals surface area contributed by atoms with Crippen LogP contribution in [0.15, 0.2) is 24.3 Å². The molecule has 1 amide bonds. The van der Waals surface area contributed by atoms with Crippen LogP contribution < -0.4 is 11.1 Å². The molecule has 0 aliphatic rings. The molecule has 1 aromatic carbocycles. The third-order valence-electron chi connectivity index (χ3n) is 2.32. The number of nitrogens with two attached hydrogens (primary N) is 1. The largest absolute Gasteiger partial charge is 0.355 e. The fourth-order valence-corrected chi connectivity index (χ4v) is 1.76. The number of benzene rings is 1. The summed E-state index contributed by atoms with van der Waals surface area (Å²) in [5.41, 5.74) is 7.68. The topological polar surface area (TPSA) is 55.1 Å². The van der Waals surface area contributed by atoms with E-state index in [-0.39, 0.29) is 5.91 Å². The van der Waals surface area contributed by atoms with E-state index in [0.29, 0.717) is 13.0 Å². The highest BCUT2D eigenvalue weighted by Gasteiger charge is 2.05. The summed E-state index contributed by atoms with van der Waals surface area (Å²) in [6.45, 7) is 1.21. The fourth-order valence-electron chi connectivity index (χ4n) is 1.46. The van der Waals surface area contributed by atoms with Gasteiger partial charge >= 0.3 is 0 Å². The number of thioether (sulfide) groups is 1. The maximum atomic E-state index is 11.6. The molecule has 88 valence electrons. The number of nitrogens with one attached hydrogen (secondary N) is 1. The summed E-state index contributed by atoms with van der Waals surface area (Å²) in [6.07, 6.45) is 2.44. The van der Waals surface area contributed by atoms with Crippen molar-refractivity contribution in [3.8, 4) is 0 Å². The van der Waals surface area contributed by atoms with E-state index in [4.69, 9.17) is 5.73 Å². The molecule has 16 heavy (non-hydrogen) atoms. The van der Waals surface area contributed by atoms with Crippen LogP contribution in [-0.4, -0.2) is 24.5 Å². The summed E-state index contributed by atoms with van der Waals surface area (Å²) in [5, 5.41) is 2.88. The maximum absolute atomic E-state index is 11.6. The van der Waals surface area contributed by atoms with Crippen LogP contribution in [0.2, 0.25) is 0 Å². The molecule has 0 aliphatic heterocycles. The number of carbonyl (C=O) groups is 1. The first kappa shape index (κ1) is 13.1. The third kappa shape index (κ3) is 4.24. The number of carbonyl (C=O) groups excluding carboxylic acids is 1. The highest BCUT2D eigenvalue weighted by atomic mass is 32.2. The molecule has 3 N–H and O–H groups in total. The Morgan fingerprint density at radius 2 is 2.06 bits per heavy atom. The molecule has 0 aliphatic carbocycles. The first-order chi connectivity index (χ1) is 7.77. The Morgan fingerprint density at radius 1 is 1.38 bits per heavy atom. The molecule has 3 nitrogen and oxygen atoms in total. The van der Waals surface area contributed by atoms with E-state index in [2.05, 4.69) is 5.32 Å². The van der Waals surface area contributed by atoms with Gasteiger partial charge in [-0.1, -0.05) is 24.3 Å². The Hall–Kier alpha value is -1.00. The first-order valence-electron chi connectivity index (χ1n) is 5.30. The zero-order valence-electron chi connectivity index (χ0n) is 9.53. The second-order valence-corrected chi connectivity index (χ2v) is 4.48. The second kappa shape index (κ2) is 7.30. The summed E-state index contributed by atoms with van der Waals surface area (Å²) in [7, 11) is 0. The lowest BCUT2D eigenvalue weighted by atomic mass is 10.0. The Labute approximate surface area is 101 Å². The summed E-state index contributed by atoms with van der Waals surface area (Å²) in [5.74, 6) is 1.01. The number of amides is 1. The molecule has 0 aromatic heterocycles. The van der Waals surface area contributed by atoms with Crippen molar-refractivity contribution in [3.63, 3.8) is 0 Å². The summed E-state index contributed by atoms with van der Waals surface area (Å²) in [4.78, 5) is 11.6. The molecule has 0 saturated heterocycles. The Kier molecular flexibility index (Phi) is 5.96. The van der Waals surface area contributed by atoms with Gasteiger partial charge in [0.1, 0.15) is 0 Å². The van der Waals surface area contributed by atoms with Gasteiger partial charge < -0.3 is 11.1 Å². The Balaban J connectivity index is 2.49. The molecule has 1 rings (SSSR count). The van der Waals surface area contributed by atoms with Crippen molar-refractivity contribution in [1.82, 2.24) is 5.32 Å². The average Bonchev–Trinajstić information content (AvgIpc) is 2.30. The molecule has 1 aromatic rings. The van der Waals surface area contributed by atoms with Crippen molar-refractivity contribution < 1.29 is 4.79 Å². The minimum Gasteiger partial charge on any atom is -0.355 e. The molecular formula is C12H18N2OS. The van der Waals surface area contributed by atoms with Crippen LogP contribution in [0.5, 0.6) is 0 Å². The lowest BCUT2D eigenvalue weighted by Crippen LogP contribution is -2.27. The Morgan fingerprint density at radius 3 is 2.69 bits per heavy atom. The molecular weight excluding hydrogens is 220 g/mol. The van der Waals surface area contributed by atoms with Gasteiger partial charge in [-0.3, -0.25) is 4.79 Å². The molecule has 0 heterocycles. The van der Waals surface area contributed by atoms with Crippen LogP contribution >= 0.6 is 11.8 Å². The zero-order valence-corrected chi connectivity index (χ0v) is 10.3. The van der Waals surface area contributed by atoms with Crippen molar-refractivity contribution in [3.05, 3.63) is 35.4 Å². The van der Waals surface area contributed by atoms with Crippen LogP contribution in [0, 0.1) is 0 Å². The van der Waals surface area contributed by atoms with Crippen LogP contribution in [0.1, 0.15) is 11.1 Å². The molecule has 0 fully saturated rings. The molecule has 4 heteroatoms. The van der Waals surface area contributed by atoms with Gasteiger partial charge in [-0.25, -0.2) is 0 Å². The van der Waals surface area contributed by atoms with E-state index < -0.39 is 0 Å². The van der Waals surface area contributed by atoms with Crippen molar-refractivity contribution in [2.45, 2.75) is 13.0 Å². The monoisotopic (exact) mass is 238 g/mol. The van der Waals surface area contributed by atoms with Crippen LogP contribution in [0.4, 0.5) is 0 Å². The van der Waals surface area contributed by atoms with Crippen molar-refractivity contribution >= 4 is 17.7 Å². The summed E-state index contributed by atoms with van der Waals surface area (Å²) < 4.78 is 0. The van der Waals surface area contributed by atoms with Gasteiger partial charge in [-0.15, -0.1) is 0 Å². The van der Waals surface area contributed by atoms with Crippen LogP contribution in [0.3, 0.4) is 0 Å². The van der Waals surface area contributed by atoms with Crippen molar-refractivity contribution in [2.75, 3.05) is 18.6 Å². The number of hydrogen-bond acceptors (Lipinski definition) is 3. The number of hydrogen-bond donors (Lipinski definition) is 2. The molecule has 0 unspecified atom stereocenters. The fraction of sp³-hybridized carbons (Fsp3) is 0.417. The van der Waals surface area contributed by atoms with Crippen molar-refractivity contribution in [2.24, 2.45) is 5.73 Å². The number of rotatable bonds is 6. The summed E-state index contributed by atoms with van der Waals surface area (Å²) in [6, 6.07) is 7.79. The summed E-state index contributed by atoms with van der Waals surface area (Å²) >= 11 is 1.72. The quantitative estimate of drug-likeness (QED) is 0.731. The minimum atomic E-state index is 0.0648. The molecule has 0 atom stereocenters. The molecule has 0 spiro atoms. The molecule has 0 saturated carbocycles. The van der Waals surface area contributed by atoms with Crippen LogP contribution in [0.25, 0.3) is 0 Å². The average molecular weight is 238 g/mol. The van der Waals surface area contributed by atoms with Crippen molar-refractivity contribution in [1.29, 1.82) is 0 Å². The van der Waals surface area contributed by atoms with E-state index in [0.717, 1.165) is 23.4 Å². The van der Waals surface area contributed by atoms with Gasteiger partial charge in [-0.2, -0.15) is 11.8 Å². The van der Waals surface area contributed by atoms with E-state index in [1.807, 2.05) is 30.5 Å². The second-order valence-electron chi connectivity index (χ2n) is 3.49. The zero-order chi connectivity index (χ0) is 11.8. The maximum Gasteiger partial charge on any atom is 0.224 e. The normalized spacial score (nSPS) is 10.1. The smallest absolute Gasteiger partial charge is 0.224 e. The minimum absolute atomic E-state index is 0.0648. The van der Waals surface area contributed by atoms with Gasteiger partial charge in [0.05, 0.1) is 6.42 Å². The lowest BCUT2D eigenvalue weighted by molar-refractivity contribution is -0.120.